The van der Waals surface area contributed by atoms with Crippen LogP contribution in [0.2, 0.25) is 0 Å². The Labute approximate surface area is 123 Å². The summed E-state index contributed by atoms with van der Waals surface area (Å²) in [6.45, 7) is 4.56. The van der Waals surface area contributed by atoms with Gasteiger partial charge in [0.2, 0.25) is 5.88 Å². The molecule has 5 heteroatoms. The second-order valence-electron chi connectivity index (χ2n) is 4.98. The number of nitrogens with one attached hydrogen (secondary N) is 1. The van der Waals surface area contributed by atoms with E-state index in [4.69, 9.17) is 9.15 Å². The molecule has 0 fully saturated rings. The summed E-state index contributed by atoms with van der Waals surface area (Å²) in [6, 6.07) is 7.64. The van der Waals surface area contributed by atoms with Crippen molar-refractivity contribution in [3.05, 3.63) is 48.5 Å². The van der Waals surface area contributed by atoms with Crippen molar-refractivity contribution >= 4 is 16.8 Å². The molecule has 0 atom stereocenters. The van der Waals surface area contributed by atoms with E-state index in [0.29, 0.717) is 12.4 Å². The lowest BCUT2D eigenvalue weighted by atomic mass is 10.2. The van der Waals surface area contributed by atoms with Gasteiger partial charge in [-0.25, -0.2) is 9.97 Å². The van der Waals surface area contributed by atoms with Crippen LogP contribution >= 0.6 is 0 Å². The van der Waals surface area contributed by atoms with Crippen LogP contribution in [-0.2, 0) is 6.54 Å². The number of hydrogen-bond donors (Lipinski definition) is 1. The summed E-state index contributed by atoms with van der Waals surface area (Å²) < 4.78 is 11.1. The average Bonchev–Trinajstić information content (AvgIpc) is 2.95. The minimum Gasteiger partial charge on any atom is -0.475 e. The Hall–Kier alpha value is -2.56. The van der Waals surface area contributed by atoms with Crippen molar-refractivity contribution in [1.82, 2.24) is 9.97 Å². The standard InChI is InChI=1S/C16H17N3O2/c1-11(2)21-16-12(4-3-7-18-16)10-19-15-13-6-9-20-14(13)5-8-17-15/h3-9,11H,10H2,1-2H3,(H,17,19). The zero-order valence-electron chi connectivity index (χ0n) is 12.0. The van der Waals surface area contributed by atoms with Gasteiger partial charge in [0.1, 0.15) is 11.4 Å². The van der Waals surface area contributed by atoms with Crippen LogP contribution in [0, 0.1) is 0 Å². The molecule has 0 radical (unpaired) electrons. The molecule has 1 N–H and O–H groups in total. The molecule has 0 aliphatic rings. The van der Waals surface area contributed by atoms with Gasteiger partial charge in [0.05, 0.1) is 17.8 Å². The Morgan fingerprint density at radius 2 is 2.10 bits per heavy atom. The summed E-state index contributed by atoms with van der Waals surface area (Å²) in [6.07, 6.45) is 5.21. The Morgan fingerprint density at radius 3 is 2.95 bits per heavy atom. The number of furan rings is 1. The van der Waals surface area contributed by atoms with Gasteiger partial charge < -0.3 is 14.5 Å². The van der Waals surface area contributed by atoms with E-state index < -0.39 is 0 Å². The molecule has 0 saturated heterocycles. The first-order valence-corrected chi connectivity index (χ1v) is 6.90. The second-order valence-corrected chi connectivity index (χ2v) is 4.98. The van der Waals surface area contributed by atoms with Gasteiger partial charge in [-0.1, -0.05) is 6.07 Å². The van der Waals surface area contributed by atoms with Gasteiger partial charge in [0.25, 0.3) is 0 Å². The van der Waals surface area contributed by atoms with E-state index in [1.807, 2.05) is 38.1 Å². The number of ether oxygens (including phenoxy) is 1. The normalized spacial score (nSPS) is 11.0. The van der Waals surface area contributed by atoms with E-state index in [1.165, 1.54) is 0 Å². The highest BCUT2D eigenvalue weighted by Crippen LogP contribution is 2.23. The van der Waals surface area contributed by atoms with Gasteiger partial charge in [-0.2, -0.15) is 0 Å². The fourth-order valence-electron chi connectivity index (χ4n) is 2.10. The largest absolute Gasteiger partial charge is 0.475 e. The van der Waals surface area contributed by atoms with E-state index in [-0.39, 0.29) is 6.10 Å². The molecular weight excluding hydrogens is 266 g/mol. The van der Waals surface area contributed by atoms with Crippen LogP contribution in [0.15, 0.2) is 47.3 Å². The summed E-state index contributed by atoms with van der Waals surface area (Å²) in [5, 5.41) is 4.28. The number of aromatic nitrogens is 2. The number of pyridine rings is 2. The third kappa shape index (κ3) is 2.97. The lowest BCUT2D eigenvalue weighted by molar-refractivity contribution is 0.230. The molecule has 0 aromatic carbocycles. The van der Waals surface area contributed by atoms with E-state index in [0.717, 1.165) is 22.4 Å². The topological polar surface area (TPSA) is 60.2 Å². The Morgan fingerprint density at radius 1 is 1.19 bits per heavy atom. The minimum absolute atomic E-state index is 0.0917. The molecule has 3 aromatic heterocycles. The van der Waals surface area contributed by atoms with E-state index in [9.17, 15) is 0 Å². The van der Waals surface area contributed by atoms with Crippen LogP contribution in [0.5, 0.6) is 5.88 Å². The van der Waals surface area contributed by atoms with Crippen molar-refractivity contribution in [2.45, 2.75) is 26.5 Å². The van der Waals surface area contributed by atoms with Gasteiger partial charge >= 0.3 is 0 Å². The average molecular weight is 283 g/mol. The highest BCUT2D eigenvalue weighted by molar-refractivity contribution is 5.87. The Balaban J connectivity index is 1.80. The number of fused-ring (bicyclic) bond motifs is 1. The molecule has 3 rings (SSSR count). The molecule has 21 heavy (non-hydrogen) atoms. The summed E-state index contributed by atoms with van der Waals surface area (Å²) in [5.74, 6) is 1.44. The summed E-state index contributed by atoms with van der Waals surface area (Å²) in [5.41, 5.74) is 1.81. The highest BCUT2D eigenvalue weighted by atomic mass is 16.5. The molecule has 0 aliphatic heterocycles. The molecule has 0 amide bonds. The number of hydrogen-bond acceptors (Lipinski definition) is 5. The first-order chi connectivity index (χ1) is 10.2. The zero-order chi connectivity index (χ0) is 14.7. The maximum atomic E-state index is 5.72. The van der Waals surface area contributed by atoms with Crippen LogP contribution < -0.4 is 10.1 Å². The van der Waals surface area contributed by atoms with E-state index >= 15 is 0 Å². The van der Waals surface area contributed by atoms with Crippen molar-refractivity contribution in [2.24, 2.45) is 0 Å². The Bertz CT molecular complexity index is 737. The molecule has 0 aliphatic carbocycles. The lowest BCUT2D eigenvalue weighted by Gasteiger charge is -2.13. The molecule has 0 saturated carbocycles. The van der Waals surface area contributed by atoms with Crippen molar-refractivity contribution < 1.29 is 9.15 Å². The maximum absolute atomic E-state index is 5.72. The predicted molar refractivity (Wildman–Crippen MR) is 81.3 cm³/mol. The van der Waals surface area contributed by atoms with Crippen LogP contribution in [0.4, 0.5) is 5.82 Å². The third-order valence-corrected chi connectivity index (χ3v) is 3.02. The van der Waals surface area contributed by atoms with Crippen LogP contribution in [0.1, 0.15) is 19.4 Å². The Kier molecular flexibility index (Phi) is 3.73. The van der Waals surface area contributed by atoms with E-state index in [1.54, 1.807) is 18.7 Å². The molecule has 5 nitrogen and oxygen atoms in total. The van der Waals surface area contributed by atoms with Crippen LogP contribution in [-0.4, -0.2) is 16.1 Å². The summed E-state index contributed by atoms with van der Waals surface area (Å²) in [7, 11) is 0. The highest BCUT2D eigenvalue weighted by Gasteiger charge is 2.09. The molecule has 3 heterocycles. The van der Waals surface area contributed by atoms with Gasteiger partial charge in [0.15, 0.2) is 0 Å². The molecule has 0 unspecified atom stereocenters. The summed E-state index contributed by atoms with van der Waals surface area (Å²) >= 11 is 0. The number of nitrogens with zero attached hydrogens (tertiary/aromatic N) is 2. The molecular formula is C16H17N3O2. The molecule has 0 bridgehead atoms. The maximum Gasteiger partial charge on any atom is 0.218 e. The predicted octanol–water partition coefficient (Wildman–Crippen LogP) is 3.62. The van der Waals surface area contributed by atoms with Crippen molar-refractivity contribution in [2.75, 3.05) is 5.32 Å². The van der Waals surface area contributed by atoms with Gasteiger partial charge in [-0.15, -0.1) is 0 Å². The fraction of sp³-hybridized carbons (Fsp3) is 0.250. The van der Waals surface area contributed by atoms with Crippen LogP contribution in [0.3, 0.4) is 0 Å². The lowest BCUT2D eigenvalue weighted by Crippen LogP contribution is -2.11. The van der Waals surface area contributed by atoms with Gasteiger partial charge in [-0.3, -0.25) is 0 Å². The fourth-order valence-corrected chi connectivity index (χ4v) is 2.10. The third-order valence-electron chi connectivity index (χ3n) is 3.02. The quantitative estimate of drug-likeness (QED) is 0.775. The van der Waals surface area contributed by atoms with Crippen molar-refractivity contribution in [3.63, 3.8) is 0 Å². The monoisotopic (exact) mass is 283 g/mol. The summed E-state index contributed by atoms with van der Waals surface area (Å²) in [4.78, 5) is 8.63. The second kappa shape index (κ2) is 5.83. The van der Waals surface area contributed by atoms with Crippen molar-refractivity contribution in [1.29, 1.82) is 0 Å². The SMILES string of the molecule is CC(C)Oc1ncccc1CNc1nccc2occc12. The minimum atomic E-state index is 0.0917. The van der Waals surface area contributed by atoms with Gasteiger partial charge in [-0.05, 0) is 32.0 Å². The van der Waals surface area contributed by atoms with Gasteiger partial charge in [0, 0.05) is 24.5 Å². The molecule has 0 spiro atoms. The van der Waals surface area contributed by atoms with Crippen molar-refractivity contribution in [3.8, 4) is 5.88 Å². The number of anilines is 1. The molecule has 108 valence electrons. The number of rotatable bonds is 5. The first-order valence-electron chi connectivity index (χ1n) is 6.90. The van der Waals surface area contributed by atoms with E-state index in [2.05, 4.69) is 15.3 Å². The zero-order valence-corrected chi connectivity index (χ0v) is 12.0. The molecule has 3 aromatic rings. The van der Waals surface area contributed by atoms with Crippen LogP contribution in [0.25, 0.3) is 11.0 Å². The smallest absolute Gasteiger partial charge is 0.218 e. The first kappa shape index (κ1) is 13.4.